The molecule has 2 heterocycles. The lowest BCUT2D eigenvalue weighted by molar-refractivity contribution is -0.144. The topological polar surface area (TPSA) is 67.4 Å². The largest absolute Gasteiger partial charge is 0.489 e. The predicted octanol–water partition coefficient (Wildman–Crippen LogP) is 5.41. The fourth-order valence-electron chi connectivity index (χ4n) is 4.33. The van der Waals surface area contributed by atoms with Crippen molar-refractivity contribution in [2.45, 2.75) is 46.8 Å². The quantitative estimate of drug-likeness (QED) is 0.470. The van der Waals surface area contributed by atoms with Gasteiger partial charge in [-0.15, -0.1) is 0 Å². The Hall–Kier alpha value is -2.83. The summed E-state index contributed by atoms with van der Waals surface area (Å²) in [6, 6.07) is 12.1. The molecule has 1 aliphatic rings. The van der Waals surface area contributed by atoms with Gasteiger partial charge in [0.1, 0.15) is 5.75 Å². The zero-order chi connectivity index (χ0) is 23.5. The molecule has 0 radical (unpaired) electrons. The lowest BCUT2D eigenvalue weighted by Gasteiger charge is -2.29. The molecule has 0 bridgehead atoms. The van der Waals surface area contributed by atoms with E-state index in [4.69, 9.17) is 21.1 Å². The molecule has 0 atom stereocenters. The summed E-state index contributed by atoms with van der Waals surface area (Å²) in [5.74, 6) is 0.511. The molecule has 3 aromatic rings. The number of nitrogens with one attached hydrogen (secondary N) is 1. The highest BCUT2D eigenvalue weighted by atomic mass is 35.5. The Morgan fingerprint density at radius 1 is 1.24 bits per heavy atom. The third kappa shape index (κ3) is 5.23. The molecule has 0 fully saturated rings. The molecular formula is C26H30ClN3O3. The van der Waals surface area contributed by atoms with Crippen LogP contribution in [0.1, 0.15) is 37.5 Å². The molecule has 0 spiro atoms. The molecule has 7 heteroatoms. The summed E-state index contributed by atoms with van der Waals surface area (Å²) >= 11 is 6.42. The number of esters is 1. The highest BCUT2D eigenvalue weighted by Crippen LogP contribution is 2.34. The zero-order valence-electron chi connectivity index (χ0n) is 19.6. The molecule has 0 saturated carbocycles. The van der Waals surface area contributed by atoms with E-state index in [-0.39, 0.29) is 12.1 Å². The minimum Gasteiger partial charge on any atom is -0.489 e. The first kappa shape index (κ1) is 23.3. The van der Waals surface area contributed by atoms with Crippen LogP contribution in [0.25, 0.3) is 22.5 Å². The summed E-state index contributed by atoms with van der Waals surface area (Å²) in [7, 11) is 0. The summed E-state index contributed by atoms with van der Waals surface area (Å²) in [6.07, 6.45) is 0.969. The molecular weight excluding hydrogens is 438 g/mol. The second-order valence-corrected chi connectivity index (χ2v) is 9.03. The summed E-state index contributed by atoms with van der Waals surface area (Å²) in [6.45, 7) is 10.3. The molecule has 1 aromatic heterocycles. The van der Waals surface area contributed by atoms with Gasteiger partial charge in [0.15, 0.2) is 0 Å². The molecule has 1 aliphatic heterocycles. The molecule has 0 unspecified atom stereocenters. The van der Waals surface area contributed by atoms with Crippen LogP contribution in [0.5, 0.6) is 5.75 Å². The van der Waals surface area contributed by atoms with Crippen molar-refractivity contribution < 1.29 is 14.3 Å². The Kier molecular flexibility index (Phi) is 7.05. The van der Waals surface area contributed by atoms with Gasteiger partial charge in [-0.05, 0) is 75.1 Å². The summed E-state index contributed by atoms with van der Waals surface area (Å²) in [5.41, 5.74) is 7.73. The Morgan fingerprint density at radius 2 is 2.06 bits per heavy atom. The number of nitrogens with zero attached hydrogens (tertiary/aromatic N) is 2. The van der Waals surface area contributed by atoms with Crippen molar-refractivity contribution in [1.29, 1.82) is 0 Å². The van der Waals surface area contributed by atoms with E-state index < -0.39 is 0 Å². The van der Waals surface area contributed by atoms with E-state index in [0.717, 1.165) is 42.0 Å². The lowest BCUT2D eigenvalue weighted by atomic mass is 9.90. The first-order chi connectivity index (χ1) is 15.9. The number of rotatable bonds is 7. The maximum atomic E-state index is 11.8. The molecule has 33 heavy (non-hydrogen) atoms. The predicted molar refractivity (Wildman–Crippen MR) is 131 cm³/mol. The van der Waals surface area contributed by atoms with Crippen molar-refractivity contribution in [2.24, 2.45) is 0 Å². The number of aromatic nitrogens is 2. The van der Waals surface area contributed by atoms with Gasteiger partial charge in [-0.1, -0.05) is 23.7 Å². The fraction of sp³-hybridized carbons (Fsp3) is 0.385. The highest BCUT2D eigenvalue weighted by Gasteiger charge is 2.22. The lowest BCUT2D eigenvalue weighted by Crippen LogP contribution is -2.35. The summed E-state index contributed by atoms with van der Waals surface area (Å²) in [4.78, 5) is 14.0. The molecule has 0 aliphatic carbocycles. The number of carbonyl (C=O) groups is 1. The normalized spacial score (nSPS) is 13.8. The molecule has 0 amide bonds. The molecule has 4 rings (SSSR count). The van der Waals surface area contributed by atoms with Gasteiger partial charge in [0, 0.05) is 24.2 Å². The Morgan fingerprint density at radius 3 is 2.79 bits per heavy atom. The van der Waals surface area contributed by atoms with Crippen LogP contribution in [0.3, 0.4) is 0 Å². The van der Waals surface area contributed by atoms with Crippen LogP contribution in [0.4, 0.5) is 0 Å². The molecule has 2 aromatic carbocycles. The number of ether oxygens (including phenoxy) is 2. The second kappa shape index (κ2) is 9.98. The van der Waals surface area contributed by atoms with Gasteiger partial charge in [-0.3, -0.25) is 14.8 Å². The SMILES string of the molecule is CCOC(=O)CN1CCc2c(ccc(-c3cc(-c4ccc(OC(C)C)c(Cl)c4)n[nH]3)c2C)C1. The van der Waals surface area contributed by atoms with Crippen LogP contribution in [0.2, 0.25) is 5.02 Å². The standard InChI is InChI=1S/C26H30ClN3O3/c1-5-32-26(31)15-30-11-10-20-17(4)21(8-6-19(20)14-30)24-13-23(28-29-24)18-7-9-25(22(27)12-18)33-16(2)3/h6-9,12-13,16H,5,10-11,14-15H2,1-4H3,(H,28,29). The Labute approximate surface area is 199 Å². The molecule has 174 valence electrons. The number of halogens is 1. The number of benzene rings is 2. The molecule has 6 nitrogen and oxygen atoms in total. The van der Waals surface area contributed by atoms with Gasteiger partial charge in [0.2, 0.25) is 0 Å². The summed E-state index contributed by atoms with van der Waals surface area (Å²) in [5, 5.41) is 8.29. The van der Waals surface area contributed by atoms with Gasteiger partial charge in [0.05, 0.1) is 35.7 Å². The highest BCUT2D eigenvalue weighted by molar-refractivity contribution is 6.32. The Bertz CT molecular complexity index is 1160. The number of H-pyrrole nitrogens is 1. The number of hydrogen-bond acceptors (Lipinski definition) is 5. The van der Waals surface area contributed by atoms with Crippen LogP contribution in [-0.4, -0.2) is 46.9 Å². The van der Waals surface area contributed by atoms with E-state index in [1.54, 1.807) is 0 Å². The summed E-state index contributed by atoms with van der Waals surface area (Å²) < 4.78 is 10.8. The fourth-order valence-corrected chi connectivity index (χ4v) is 4.56. The van der Waals surface area contributed by atoms with E-state index in [0.29, 0.717) is 23.9 Å². The van der Waals surface area contributed by atoms with Gasteiger partial charge in [-0.2, -0.15) is 5.10 Å². The smallest absolute Gasteiger partial charge is 0.320 e. The average Bonchev–Trinajstić information content (AvgIpc) is 3.25. The molecule has 1 N–H and O–H groups in total. The van der Waals surface area contributed by atoms with Gasteiger partial charge >= 0.3 is 5.97 Å². The van der Waals surface area contributed by atoms with Crippen LogP contribution in [0, 0.1) is 6.92 Å². The van der Waals surface area contributed by atoms with Crippen molar-refractivity contribution in [3.05, 3.63) is 58.1 Å². The van der Waals surface area contributed by atoms with Crippen molar-refractivity contribution in [3.63, 3.8) is 0 Å². The van der Waals surface area contributed by atoms with Crippen molar-refractivity contribution in [2.75, 3.05) is 19.7 Å². The maximum Gasteiger partial charge on any atom is 0.320 e. The van der Waals surface area contributed by atoms with Crippen LogP contribution in [0.15, 0.2) is 36.4 Å². The van der Waals surface area contributed by atoms with Gasteiger partial charge in [-0.25, -0.2) is 0 Å². The van der Waals surface area contributed by atoms with Crippen LogP contribution < -0.4 is 4.74 Å². The maximum absolute atomic E-state index is 11.8. The minimum atomic E-state index is -0.164. The minimum absolute atomic E-state index is 0.0644. The van der Waals surface area contributed by atoms with Gasteiger partial charge in [0.25, 0.3) is 0 Å². The van der Waals surface area contributed by atoms with Crippen LogP contribution in [-0.2, 0) is 22.5 Å². The van der Waals surface area contributed by atoms with Crippen LogP contribution >= 0.6 is 11.6 Å². The monoisotopic (exact) mass is 467 g/mol. The number of aromatic amines is 1. The first-order valence-electron chi connectivity index (χ1n) is 11.4. The average molecular weight is 468 g/mol. The van der Waals surface area contributed by atoms with E-state index in [2.05, 4.69) is 40.2 Å². The number of hydrogen-bond donors (Lipinski definition) is 1. The van der Waals surface area contributed by atoms with E-state index in [1.165, 1.54) is 16.7 Å². The zero-order valence-corrected chi connectivity index (χ0v) is 20.3. The van der Waals surface area contributed by atoms with Crippen molar-refractivity contribution in [1.82, 2.24) is 15.1 Å². The Balaban J connectivity index is 1.54. The van der Waals surface area contributed by atoms with E-state index in [9.17, 15) is 4.79 Å². The number of fused-ring (bicyclic) bond motifs is 1. The van der Waals surface area contributed by atoms with Crippen molar-refractivity contribution in [3.8, 4) is 28.3 Å². The van der Waals surface area contributed by atoms with E-state index in [1.807, 2.05) is 39.0 Å². The first-order valence-corrected chi connectivity index (χ1v) is 11.7. The molecule has 0 saturated heterocycles. The third-order valence-electron chi connectivity index (χ3n) is 5.88. The second-order valence-electron chi connectivity index (χ2n) is 8.62. The van der Waals surface area contributed by atoms with Gasteiger partial charge < -0.3 is 9.47 Å². The van der Waals surface area contributed by atoms with Crippen molar-refractivity contribution >= 4 is 17.6 Å². The third-order valence-corrected chi connectivity index (χ3v) is 6.18. The van der Waals surface area contributed by atoms with E-state index >= 15 is 0 Å². The number of carbonyl (C=O) groups excluding carboxylic acids is 1.